The molecule has 0 aliphatic rings. The highest BCUT2D eigenvalue weighted by molar-refractivity contribution is 5.72. The first kappa shape index (κ1) is 19.2. The summed E-state index contributed by atoms with van der Waals surface area (Å²) in [5.74, 6) is 0.0803. The second-order valence-corrected chi connectivity index (χ2v) is 6.21. The van der Waals surface area contributed by atoms with E-state index in [0.717, 1.165) is 22.5 Å². The van der Waals surface area contributed by atoms with Gasteiger partial charge in [0.2, 0.25) is 5.88 Å². The van der Waals surface area contributed by atoms with Crippen LogP contribution in [0.5, 0.6) is 11.6 Å². The fourth-order valence-electron chi connectivity index (χ4n) is 2.65. The van der Waals surface area contributed by atoms with Gasteiger partial charge in [0.1, 0.15) is 5.75 Å². The molecule has 0 fully saturated rings. The van der Waals surface area contributed by atoms with Gasteiger partial charge < -0.3 is 19.9 Å². The summed E-state index contributed by atoms with van der Waals surface area (Å²) in [5, 5.41) is 12.2. The minimum atomic E-state index is -0.999. The van der Waals surface area contributed by atoms with E-state index < -0.39 is 12.1 Å². The second-order valence-electron chi connectivity index (χ2n) is 6.21. The lowest BCUT2D eigenvalue weighted by Crippen LogP contribution is -2.22. The summed E-state index contributed by atoms with van der Waals surface area (Å²) in [6.07, 6.45) is -0.891. The van der Waals surface area contributed by atoms with E-state index in [9.17, 15) is 4.79 Å². The van der Waals surface area contributed by atoms with Crippen molar-refractivity contribution in [2.75, 3.05) is 12.4 Å². The van der Waals surface area contributed by atoms with E-state index in [-0.39, 0.29) is 0 Å². The molecule has 3 rings (SSSR count). The number of carboxylic acids is 1. The molecule has 2 N–H and O–H groups in total. The van der Waals surface area contributed by atoms with Gasteiger partial charge in [-0.2, -0.15) is 0 Å². The maximum Gasteiger partial charge on any atom is 0.344 e. The molecular formula is C22H22N2O4. The number of methoxy groups -OCH3 is 1. The van der Waals surface area contributed by atoms with Gasteiger partial charge in [0.15, 0.2) is 6.10 Å². The zero-order chi connectivity index (χ0) is 19.9. The van der Waals surface area contributed by atoms with Crippen molar-refractivity contribution < 1.29 is 19.4 Å². The van der Waals surface area contributed by atoms with Crippen LogP contribution in [0, 0.1) is 0 Å². The number of nitrogens with zero attached hydrogens (tertiary/aromatic N) is 1. The van der Waals surface area contributed by atoms with Crippen molar-refractivity contribution in [3.05, 3.63) is 72.3 Å². The number of hydrogen-bond acceptors (Lipinski definition) is 5. The largest absolute Gasteiger partial charge is 0.481 e. The minimum Gasteiger partial charge on any atom is -0.481 e. The van der Waals surface area contributed by atoms with E-state index in [1.165, 1.54) is 6.92 Å². The summed E-state index contributed by atoms with van der Waals surface area (Å²) in [5.41, 5.74) is 3.70. The predicted molar refractivity (Wildman–Crippen MR) is 108 cm³/mol. The SMILES string of the molecule is COc1nc(-c2ccccc2)ccc1CNc1ccc(OC(C)C(=O)O)cc1. The molecule has 0 saturated heterocycles. The number of aliphatic carboxylic acids is 1. The van der Waals surface area contributed by atoms with Crippen LogP contribution in [0.1, 0.15) is 12.5 Å². The Morgan fingerprint density at radius 1 is 1.07 bits per heavy atom. The molecule has 2 aromatic carbocycles. The zero-order valence-corrected chi connectivity index (χ0v) is 15.8. The van der Waals surface area contributed by atoms with E-state index in [1.54, 1.807) is 19.2 Å². The Morgan fingerprint density at radius 3 is 2.43 bits per heavy atom. The zero-order valence-electron chi connectivity index (χ0n) is 15.8. The normalized spacial score (nSPS) is 11.5. The van der Waals surface area contributed by atoms with E-state index >= 15 is 0 Å². The first-order valence-electron chi connectivity index (χ1n) is 8.89. The molecule has 1 heterocycles. The fraction of sp³-hybridized carbons (Fsp3) is 0.182. The Morgan fingerprint density at radius 2 is 1.79 bits per heavy atom. The molecule has 0 aliphatic heterocycles. The monoisotopic (exact) mass is 378 g/mol. The maximum atomic E-state index is 10.8. The Kier molecular flexibility index (Phi) is 6.11. The average molecular weight is 378 g/mol. The number of aromatic nitrogens is 1. The Hall–Kier alpha value is -3.54. The van der Waals surface area contributed by atoms with Gasteiger partial charge in [-0.15, -0.1) is 0 Å². The lowest BCUT2D eigenvalue weighted by Gasteiger charge is -2.13. The van der Waals surface area contributed by atoms with Gasteiger partial charge in [0.25, 0.3) is 0 Å². The minimum absolute atomic E-state index is 0.506. The average Bonchev–Trinajstić information content (AvgIpc) is 2.73. The van der Waals surface area contributed by atoms with E-state index in [4.69, 9.17) is 14.6 Å². The summed E-state index contributed by atoms with van der Waals surface area (Å²) in [4.78, 5) is 15.4. The Bertz CT molecular complexity index is 927. The molecule has 0 spiro atoms. The number of benzene rings is 2. The Balaban J connectivity index is 1.66. The van der Waals surface area contributed by atoms with Crippen molar-refractivity contribution in [3.8, 4) is 22.9 Å². The summed E-state index contributed by atoms with van der Waals surface area (Å²) in [6.45, 7) is 2.03. The summed E-state index contributed by atoms with van der Waals surface area (Å²) >= 11 is 0. The van der Waals surface area contributed by atoms with Gasteiger partial charge in [-0.1, -0.05) is 30.3 Å². The quantitative estimate of drug-likeness (QED) is 0.611. The molecule has 1 atom stereocenters. The standard InChI is InChI=1S/C22H22N2O4/c1-15(22(25)26)28-19-11-9-18(10-12-19)23-14-17-8-13-20(24-21(17)27-2)16-6-4-3-5-7-16/h3-13,15,23H,14H2,1-2H3,(H,25,26). The van der Waals surface area contributed by atoms with E-state index in [1.807, 2.05) is 54.6 Å². The van der Waals surface area contributed by atoms with Crippen molar-refractivity contribution in [2.24, 2.45) is 0 Å². The van der Waals surface area contributed by atoms with Crippen LogP contribution in [0.3, 0.4) is 0 Å². The molecular weight excluding hydrogens is 356 g/mol. The molecule has 0 saturated carbocycles. The van der Waals surface area contributed by atoms with Crippen LogP contribution in [-0.2, 0) is 11.3 Å². The van der Waals surface area contributed by atoms with Crippen LogP contribution in [0.25, 0.3) is 11.3 Å². The highest BCUT2D eigenvalue weighted by Crippen LogP contribution is 2.24. The van der Waals surface area contributed by atoms with Gasteiger partial charge in [-0.05, 0) is 43.3 Å². The molecule has 1 unspecified atom stereocenters. The number of carboxylic acid groups (broad SMARTS) is 1. The number of rotatable bonds is 8. The third kappa shape index (κ3) is 4.79. The molecule has 1 aromatic heterocycles. The number of nitrogens with one attached hydrogen (secondary N) is 1. The van der Waals surface area contributed by atoms with Crippen LogP contribution in [0.15, 0.2) is 66.7 Å². The summed E-state index contributed by atoms with van der Waals surface area (Å²) < 4.78 is 10.8. The highest BCUT2D eigenvalue weighted by Gasteiger charge is 2.12. The van der Waals surface area contributed by atoms with Crippen molar-refractivity contribution in [2.45, 2.75) is 19.6 Å². The van der Waals surface area contributed by atoms with Crippen LogP contribution < -0.4 is 14.8 Å². The molecule has 6 nitrogen and oxygen atoms in total. The van der Waals surface area contributed by atoms with Gasteiger partial charge in [-0.3, -0.25) is 0 Å². The van der Waals surface area contributed by atoms with Crippen LogP contribution in [0.2, 0.25) is 0 Å². The van der Waals surface area contributed by atoms with Gasteiger partial charge in [0.05, 0.1) is 12.8 Å². The van der Waals surface area contributed by atoms with Gasteiger partial charge >= 0.3 is 5.97 Å². The first-order chi connectivity index (χ1) is 13.6. The van der Waals surface area contributed by atoms with Crippen LogP contribution >= 0.6 is 0 Å². The van der Waals surface area contributed by atoms with E-state index in [0.29, 0.717) is 18.2 Å². The molecule has 0 radical (unpaired) electrons. The Labute approximate surface area is 163 Å². The number of pyridine rings is 1. The lowest BCUT2D eigenvalue weighted by molar-refractivity contribution is -0.144. The molecule has 28 heavy (non-hydrogen) atoms. The predicted octanol–water partition coefficient (Wildman–Crippen LogP) is 4.22. The lowest BCUT2D eigenvalue weighted by atomic mass is 10.1. The molecule has 6 heteroatoms. The van der Waals surface area contributed by atoms with Crippen molar-refractivity contribution in [3.63, 3.8) is 0 Å². The van der Waals surface area contributed by atoms with Crippen LogP contribution in [-0.4, -0.2) is 29.3 Å². The highest BCUT2D eigenvalue weighted by atomic mass is 16.5. The number of anilines is 1. The second kappa shape index (κ2) is 8.90. The van der Waals surface area contributed by atoms with Gasteiger partial charge in [-0.25, -0.2) is 9.78 Å². The molecule has 0 aliphatic carbocycles. The third-order valence-electron chi connectivity index (χ3n) is 4.20. The molecule has 3 aromatic rings. The first-order valence-corrected chi connectivity index (χ1v) is 8.89. The van der Waals surface area contributed by atoms with Crippen molar-refractivity contribution in [1.82, 2.24) is 4.98 Å². The number of hydrogen-bond donors (Lipinski definition) is 2. The maximum absolute atomic E-state index is 10.8. The molecule has 144 valence electrons. The number of carbonyl (C=O) groups is 1. The van der Waals surface area contributed by atoms with Gasteiger partial charge in [0, 0.05) is 23.4 Å². The topological polar surface area (TPSA) is 80.7 Å². The number of ether oxygens (including phenoxy) is 2. The van der Waals surface area contributed by atoms with E-state index in [2.05, 4.69) is 10.3 Å². The van der Waals surface area contributed by atoms with Crippen molar-refractivity contribution >= 4 is 11.7 Å². The molecule has 0 amide bonds. The third-order valence-corrected chi connectivity index (χ3v) is 4.20. The fourth-order valence-corrected chi connectivity index (χ4v) is 2.65. The smallest absolute Gasteiger partial charge is 0.344 e. The van der Waals surface area contributed by atoms with Crippen molar-refractivity contribution in [1.29, 1.82) is 0 Å². The molecule has 0 bridgehead atoms. The summed E-state index contributed by atoms with van der Waals surface area (Å²) in [6, 6.07) is 21.0. The van der Waals surface area contributed by atoms with Crippen LogP contribution in [0.4, 0.5) is 5.69 Å². The summed E-state index contributed by atoms with van der Waals surface area (Å²) in [7, 11) is 1.61.